The summed E-state index contributed by atoms with van der Waals surface area (Å²) in [4.78, 5) is 16.2. The van der Waals surface area contributed by atoms with Gasteiger partial charge in [0.25, 0.3) is 0 Å². The number of benzene rings is 10. The molecule has 10 aromatic carbocycles. The van der Waals surface area contributed by atoms with Crippen molar-refractivity contribution in [2.24, 2.45) is 0 Å². The van der Waals surface area contributed by atoms with E-state index in [4.69, 9.17) is 19.4 Å². The molecule has 302 valence electrons. The zero-order chi connectivity index (χ0) is 42.6. The number of rotatable bonds is 5. The molecule has 0 bridgehead atoms. The molecule has 0 unspecified atom stereocenters. The van der Waals surface area contributed by atoms with E-state index in [1.165, 1.54) is 37.0 Å². The van der Waals surface area contributed by atoms with E-state index in [0.29, 0.717) is 17.5 Å². The first kappa shape index (κ1) is 36.1. The standard InChI is InChI=1S/C59H34N4OS/c1-2-15-35(16-3-1)57-60-58(62-59(61-57)46-25-14-24-43-42-22-10-13-28-53(42)65-56(43)46)44-30-29-39(63-49-26-11-8-21-41(49)47-31-36-17-4-5-18-37(36)32-50(47)63)34-48(44)54-40-20-7-6-19-38(40)33-52-55(54)45-23-9-12-27-51(45)64-52/h1-34H. The second kappa shape index (κ2) is 14.0. The van der Waals surface area contributed by atoms with Crippen LogP contribution in [-0.2, 0) is 0 Å². The largest absolute Gasteiger partial charge is 0.456 e. The summed E-state index contributed by atoms with van der Waals surface area (Å²) in [5.41, 5.74) is 9.86. The van der Waals surface area contributed by atoms with Crippen LogP contribution in [0.1, 0.15) is 0 Å². The maximum absolute atomic E-state index is 6.70. The second-order valence-corrected chi connectivity index (χ2v) is 17.7. The molecule has 14 rings (SSSR count). The van der Waals surface area contributed by atoms with E-state index in [-0.39, 0.29) is 0 Å². The number of thiophene rings is 1. The molecule has 0 saturated carbocycles. The first-order chi connectivity index (χ1) is 32.2. The fraction of sp³-hybridized carbons (Fsp3) is 0. The number of hydrogen-bond donors (Lipinski definition) is 0. The van der Waals surface area contributed by atoms with Crippen LogP contribution in [0, 0.1) is 0 Å². The molecule has 0 saturated heterocycles. The van der Waals surface area contributed by atoms with Crippen molar-refractivity contribution in [2.45, 2.75) is 0 Å². The monoisotopic (exact) mass is 846 g/mol. The van der Waals surface area contributed by atoms with Crippen LogP contribution in [0.4, 0.5) is 0 Å². The van der Waals surface area contributed by atoms with Crippen LogP contribution < -0.4 is 0 Å². The Kier molecular flexibility index (Phi) is 7.79. The minimum Gasteiger partial charge on any atom is -0.456 e. The maximum atomic E-state index is 6.70. The van der Waals surface area contributed by atoms with Crippen LogP contribution in [0.5, 0.6) is 0 Å². The molecule has 0 atom stereocenters. The minimum absolute atomic E-state index is 0.593. The second-order valence-electron chi connectivity index (χ2n) is 16.7. The van der Waals surface area contributed by atoms with Crippen molar-refractivity contribution in [1.29, 1.82) is 0 Å². The highest BCUT2D eigenvalue weighted by Gasteiger charge is 2.24. The lowest BCUT2D eigenvalue weighted by atomic mass is 9.90. The summed E-state index contributed by atoms with van der Waals surface area (Å²) in [5.74, 6) is 1.84. The number of furan rings is 1. The van der Waals surface area contributed by atoms with Crippen molar-refractivity contribution in [1.82, 2.24) is 19.5 Å². The van der Waals surface area contributed by atoms with Crippen molar-refractivity contribution in [3.63, 3.8) is 0 Å². The van der Waals surface area contributed by atoms with Crippen molar-refractivity contribution in [2.75, 3.05) is 0 Å². The normalized spacial score (nSPS) is 12.0. The number of hydrogen-bond acceptors (Lipinski definition) is 5. The molecule has 14 aromatic rings. The fourth-order valence-electron chi connectivity index (χ4n) is 10.1. The van der Waals surface area contributed by atoms with Crippen LogP contribution in [0.15, 0.2) is 211 Å². The van der Waals surface area contributed by atoms with Crippen LogP contribution in [0.3, 0.4) is 0 Å². The highest BCUT2D eigenvalue weighted by molar-refractivity contribution is 7.26. The van der Waals surface area contributed by atoms with Crippen molar-refractivity contribution < 1.29 is 4.42 Å². The summed E-state index contributed by atoms with van der Waals surface area (Å²) in [6.07, 6.45) is 0. The molecule has 4 aromatic heterocycles. The number of nitrogens with zero attached hydrogens (tertiary/aromatic N) is 4. The Labute approximate surface area is 376 Å². The first-order valence-electron chi connectivity index (χ1n) is 21.8. The van der Waals surface area contributed by atoms with Crippen LogP contribution in [0.25, 0.3) is 136 Å². The molecule has 0 spiro atoms. The van der Waals surface area contributed by atoms with E-state index in [0.717, 1.165) is 81.9 Å². The van der Waals surface area contributed by atoms with E-state index in [9.17, 15) is 0 Å². The molecule has 5 nitrogen and oxygen atoms in total. The van der Waals surface area contributed by atoms with Gasteiger partial charge in [-0.05, 0) is 87.8 Å². The molecule has 65 heavy (non-hydrogen) atoms. The number of para-hydroxylation sites is 2. The predicted molar refractivity (Wildman–Crippen MR) is 271 cm³/mol. The van der Waals surface area contributed by atoms with E-state index in [1.807, 2.05) is 24.3 Å². The van der Waals surface area contributed by atoms with Crippen LogP contribution in [0.2, 0.25) is 0 Å². The maximum Gasteiger partial charge on any atom is 0.165 e. The minimum atomic E-state index is 0.593. The molecule has 0 aliphatic heterocycles. The Bertz CT molecular complexity index is 4260. The lowest BCUT2D eigenvalue weighted by Crippen LogP contribution is -2.02. The van der Waals surface area contributed by atoms with E-state index >= 15 is 0 Å². The third-order valence-electron chi connectivity index (χ3n) is 13.0. The summed E-state index contributed by atoms with van der Waals surface area (Å²) < 4.78 is 11.5. The highest BCUT2D eigenvalue weighted by Crippen LogP contribution is 2.47. The third-order valence-corrected chi connectivity index (χ3v) is 14.2. The topological polar surface area (TPSA) is 56.7 Å². The van der Waals surface area contributed by atoms with E-state index < -0.39 is 0 Å². The van der Waals surface area contributed by atoms with Crippen molar-refractivity contribution in [3.8, 4) is 51.0 Å². The summed E-state index contributed by atoms with van der Waals surface area (Å²) in [5, 5.41) is 11.6. The Morgan fingerprint density at radius 1 is 0.385 bits per heavy atom. The quantitative estimate of drug-likeness (QED) is 0.173. The Morgan fingerprint density at radius 3 is 1.91 bits per heavy atom. The molecule has 0 N–H and O–H groups in total. The first-order valence-corrected chi connectivity index (χ1v) is 22.7. The Morgan fingerprint density at radius 2 is 1.05 bits per heavy atom. The fourth-order valence-corrected chi connectivity index (χ4v) is 11.3. The van der Waals surface area contributed by atoms with Gasteiger partial charge in [-0.25, -0.2) is 15.0 Å². The zero-order valence-electron chi connectivity index (χ0n) is 34.7. The SMILES string of the molecule is c1ccc(-c2nc(-c3ccc(-n4c5ccccc5c5cc6ccccc6cc54)cc3-c3c4ccccc4cc4oc5ccccc5c34)nc(-c3cccc4c3sc3ccccc34)n2)cc1. The van der Waals surface area contributed by atoms with Gasteiger partial charge < -0.3 is 8.98 Å². The summed E-state index contributed by atoms with van der Waals surface area (Å²) in [6, 6.07) is 73.3. The number of aromatic nitrogens is 4. The van der Waals surface area contributed by atoms with Crippen molar-refractivity contribution >= 4 is 96.8 Å². The molecular formula is C59H34N4OS. The van der Waals surface area contributed by atoms with Gasteiger partial charge >= 0.3 is 0 Å². The number of fused-ring (bicyclic) bond motifs is 11. The van der Waals surface area contributed by atoms with Gasteiger partial charge in [0.15, 0.2) is 17.5 Å². The molecule has 0 amide bonds. The van der Waals surface area contributed by atoms with Gasteiger partial charge in [-0.1, -0.05) is 146 Å². The zero-order valence-corrected chi connectivity index (χ0v) is 35.6. The van der Waals surface area contributed by atoms with Crippen LogP contribution >= 0.6 is 11.3 Å². The van der Waals surface area contributed by atoms with Crippen molar-refractivity contribution in [3.05, 3.63) is 206 Å². The average Bonchev–Trinajstić information content (AvgIpc) is 4.04. The van der Waals surface area contributed by atoms with Gasteiger partial charge in [0.2, 0.25) is 0 Å². The van der Waals surface area contributed by atoms with Gasteiger partial charge in [0, 0.05) is 69.7 Å². The lowest BCUT2D eigenvalue weighted by molar-refractivity contribution is 0.669. The molecule has 4 heterocycles. The van der Waals surface area contributed by atoms with E-state index in [2.05, 4.69) is 187 Å². The third kappa shape index (κ3) is 5.54. The smallest absolute Gasteiger partial charge is 0.165 e. The molecule has 0 aliphatic rings. The highest BCUT2D eigenvalue weighted by atomic mass is 32.1. The Balaban J connectivity index is 1.12. The summed E-state index contributed by atoms with van der Waals surface area (Å²) in [6.45, 7) is 0. The van der Waals surface area contributed by atoms with Gasteiger partial charge in [0.05, 0.1) is 11.0 Å². The van der Waals surface area contributed by atoms with Gasteiger partial charge in [-0.2, -0.15) is 0 Å². The predicted octanol–water partition coefficient (Wildman–Crippen LogP) is 16.2. The van der Waals surface area contributed by atoms with E-state index in [1.54, 1.807) is 11.3 Å². The molecular weight excluding hydrogens is 813 g/mol. The Hall–Kier alpha value is -8.45. The molecule has 0 aliphatic carbocycles. The van der Waals surface area contributed by atoms with Gasteiger partial charge in [-0.3, -0.25) is 0 Å². The van der Waals surface area contributed by atoms with Crippen LogP contribution in [-0.4, -0.2) is 19.5 Å². The van der Waals surface area contributed by atoms with Gasteiger partial charge in [0.1, 0.15) is 11.2 Å². The molecule has 0 radical (unpaired) electrons. The summed E-state index contributed by atoms with van der Waals surface area (Å²) in [7, 11) is 0. The molecule has 0 fully saturated rings. The van der Waals surface area contributed by atoms with Gasteiger partial charge in [-0.15, -0.1) is 11.3 Å². The molecule has 6 heteroatoms. The lowest BCUT2D eigenvalue weighted by Gasteiger charge is -2.18. The average molecular weight is 847 g/mol. The summed E-state index contributed by atoms with van der Waals surface area (Å²) >= 11 is 1.78.